The summed E-state index contributed by atoms with van der Waals surface area (Å²) < 4.78 is 41.6. The number of nitro groups is 1. The predicted molar refractivity (Wildman–Crippen MR) is 111 cm³/mol. The van der Waals surface area contributed by atoms with Crippen LogP contribution in [0.4, 0.5) is 10.5 Å². The van der Waals surface area contributed by atoms with Crippen molar-refractivity contribution in [3.8, 4) is 5.75 Å². The minimum Gasteiger partial charge on any atom is -0.462 e. The molecule has 0 spiro atoms. The van der Waals surface area contributed by atoms with Crippen molar-refractivity contribution in [3.63, 3.8) is 0 Å². The van der Waals surface area contributed by atoms with E-state index >= 15 is 0 Å². The number of amides is 1. The molecule has 2 aromatic carbocycles. The number of nitro benzene ring substituents is 1. The maximum Gasteiger partial charge on any atom is 0.424 e. The standard InChI is InChI=1S/C20H20N2O9S/c1-4-29-18(23)14(3)19(30-16-9-7-15(8-10-16)22(25)26)31-20(24)21-32(27,28)17-11-5-13(2)6-12-17/h5-12,19H,3-4H2,1-2H3,(H,21,24). The van der Waals surface area contributed by atoms with E-state index in [1.807, 2.05) is 0 Å². The topological polar surface area (TPSA) is 151 Å². The first-order valence-electron chi connectivity index (χ1n) is 9.10. The van der Waals surface area contributed by atoms with Crippen LogP contribution in [0.1, 0.15) is 12.5 Å². The zero-order valence-electron chi connectivity index (χ0n) is 17.1. The van der Waals surface area contributed by atoms with Crippen LogP contribution in [0.5, 0.6) is 5.75 Å². The summed E-state index contributed by atoms with van der Waals surface area (Å²) >= 11 is 0. The number of rotatable bonds is 9. The average molecular weight is 464 g/mol. The molecule has 0 fully saturated rings. The van der Waals surface area contributed by atoms with Crippen LogP contribution in [0.3, 0.4) is 0 Å². The Labute approximate surface area is 183 Å². The number of benzene rings is 2. The van der Waals surface area contributed by atoms with Gasteiger partial charge in [-0.2, -0.15) is 0 Å². The van der Waals surface area contributed by atoms with Gasteiger partial charge >= 0.3 is 12.1 Å². The van der Waals surface area contributed by atoms with Crippen molar-refractivity contribution in [2.45, 2.75) is 25.0 Å². The average Bonchev–Trinajstić information content (AvgIpc) is 2.73. The van der Waals surface area contributed by atoms with Crippen molar-refractivity contribution in [2.75, 3.05) is 6.61 Å². The minimum atomic E-state index is -4.27. The summed E-state index contributed by atoms with van der Waals surface area (Å²) in [7, 11) is -4.27. The van der Waals surface area contributed by atoms with Crippen molar-refractivity contribution in [1.82, 2.24) is 4.72 Å². The summed E-state index contributed by atoms with van der Waals surface area (Å²) in [6.45, 7) is 6.77. The van der Waals surface area contributed by atoms with Gasteiger partial charge in [-0.3, -0.25) is 10.1 Å². The SMILES string of the molecule is C=C(C(=O)OCC)C(OC(=O)NS(=O)(=O)c1ccc(C)cc1)Oc1ccc([N+](=O)[O-])cc1. The number of non-ortho nitro benzene ring substituents is 1. The highest BCUT2D eigenvalue weighted by Crippen LogP contribution is 2.21. The Hall–Kier alpha value is -3.93. The van der Waals surface area contributed by atoms with Gasteiger partial charge < -0.3 is 14.2 Å². The molecule has 1 atom stereocenters. The molecular weight excluding hydrogens is 444 g/mol. The van der Waals surface area contributed by atoms with E-state index in [0.717, 1.165) is 17.7 Å². The lowest BCUT2D eigenvalue weighted by molar-refractivity contribution is -0.384. The molecule has 0 bridgehead atoms. The lowest BCUT2D eigenvalue weighted by Crippen LogP contribution is -2.37. The first-order valence-corrected chi connectivity index (χ1v) is 10.6. The minimum absolute atomic E-state index is 0.00386. The van der Waals surface area contributed by atoms with Crippen LogP contribution in [-0.2, 0) is 24.3 Å². The molecule has 0 aromatic heterocycles. The molecule has 32 heavy (non-hydrogen) atoms. The molecule has 0 aliphatic carbocycles. The number of esters is 1. The smallest absolute Gasteiger partial charge is 0.424 e. The molecule has 0 aliphatic heterocycles. The van der Waals surface area contributed by atoms with Gasteiger partial charge in [0.1, 0.15) is 11.3 Å². The van der Waals surface area contributed by atoms with Crippen LogP contribution in [0.25, 0.3) is 0 Å². The van der Waals surface area contributed by atoms with Crippen LogP contribution in [-0.4, -0.2) is 38.3 Å². The Bertz CT molecular complexity index is 1110. The van der Waals surface area contributed by atoms with Gasteiger partial charge in [0.15, 0.2) is 0 Å². The van der Waals surface area contributed by atoms with Gasteiger partial charge in [-0.1, -0.05) is 24.3 Å². The second-order valence-electron chi connectivity index (χ2n) is 6.27. The van der Waals surface area contributed by atoms with E-state index < -0.39 is 38.9 Å². The van der Waals surface area contributed by atoms with Crippen LogP contribution in [0.2, 0.25) is 0 Å². The van der Waals surface area contributed by atoms with E-state index in [1.54, 1.807) is 30.7 Å². The molecule has 0 saturated heterocycles. The van der Waals surface area contributed by atoms with Crippen molar-refractivity contribution < 1.29 is 37.1 Å². The van der Waals surface area contributed by atoms with E-state index in [0.29, 0.717) is 0 Å². The predicted octanol–water partition coefficient (Wildman–Crippen LogP) is 2.84. The first kappa shape index (κ1) is 24.3. The monoisotopic (exact) mass is 464 g/mol. The Kier molecular flexibility index (Phi) is 7.91. The summed E-state index contributed by atoms with van der Waals surface area (Å²) in [6.07, 6.45) is -3.22. The molecule has 2 aromatic rings. The molecule has 170 valence electrons. The highest BCUT2D eigenvalue weighted by molar-refractivity contribution is 7.90. The molecule has 0 aliphatic rings. The highest BCUT2D eigenvalue weighted by atomic mass is 32.2. The molecule has 0 radical (unpaired) electrons. The lowest BCUT2D eigenvalue weighted by atomic mass is 10.2. The van der Waals surface area contributed by atoms with Crippen molar-refractivity contribution in [3.05, 3.63) is 76.4 Å². The molecule has 1 N–H and O–H groups in total. The number of aryl methyl sites for hydroxylation is 1. The molecule has 12 heteroatoms. The normalized spacial score (nSPS) is 11.7. The summed E-state index contributed by atoms with van der Waals surface area (Å²) in [5.74, 6) is -0.964. The van der Waals surface area contributed by atoms with Crippen LogP contribution < -0.4 is 9.46 Å². The Balaban J connectivity index is 2.20. The second kappa shape index (κ2) is 10.4. The fraction of sp³-hybridized carbons (Fsp3) is 0.200. The maximum absolute atomic E-state index is 12.4. The highest BCUT2D eigenvalue weighted by Gasteiger charge is 2.28. The zero-order valence-corrected chi connectivity index (χ0v) is 18.0. The summed E-state index contributed by atoms with van der Waals surface area (Å²) in [6, 6.07) is 10.3. The fourth-order valence-electron chi connectivity index (χ4n) is 2.26. The van der Waals surface area contributed by atoms with Crippen LogP contribution in [0.15, 0.2) is 65.6 Å². The van der Waals surface area contributed by atoms with E-state index in [4.69, 9.17) is 14.2 Å². The molecule has 11 nitrogen and oxygen atoms in total. The van der Waals surface area contributed by atoms with E-state index in [-0.39, 0.29) is 22.9 Å². The van der Waals surface area contributed by atoms with Gasteiger partial charge in [-0.05, 0) is 38.1 Å². The Morgan fingerprint density at radius 2 is 1.72 bits per heavy atom. The van der Waals surface area contributed by atoms with Crippen LogP contribution in [0, 0.1) is 17.0 Å². The summed E-state index contributed by atoms with van der Waals surface area (Å²) in [5.41, 5.74) is 0.155. The van der Waals surface area contributed by atoms with Gasteiger partial charge in [0.25, 0.3) is 22.0 Å². The third kappa shape index (κ3) is 6.54. The Morgan fingerprint density at radius 3 is 2.25 bits per heavy atom. The molecule has 1 unspecified atom stereocenters. The molecule has 2 rings (SSSR count). The fourth-order valence-corrected chi connectivity index (χ4v) is 3.14. The Morgan fingerprint density at radius 1 is 1.12 bits per heavy atom. The largest absolute Gasteiger partial charge is 0.462 e. The molecule has 0 saturated carbocycles. The zero-order chi connectivity index (χ0) is 23.9. The number of carbonyl (C=O) groups is 2. The molecular formula is C20H20N2O9S. The van der Waals surface area contributed by atoms with Gasteiger partial charge in [-0.15, -0.1) is 0 Å². The number of nitrogens with one attached hydrogen (secondary N) is 1. The van der Waals surface area contributed by atoms with Gasteiger partial charge in [0.2, 0.25) is 0 Å². The lowest BCUT2D eigenvalue weighted by Gasteiger charge is -2.20. The number of carbonyl (C=O) groups excluding carboxylic acids is 2. The quantitative estimate of drug-likeness (QED) is 0.194. The van der Waals surface area contributed by atoms with Crippen molar-refractivity contribution >= 4 is 27.8 Å². The first-order chi connectivity index (χ1) is 15.0. The van der Waals surface area contributed by atoms with Gasteiger partial charge in [0, 0.05) is 12.1 Å². The van der Waals surface area contributed by atoms with E-state index in [9.17, 15) is 28.1 Å². The van der Waals surface area contributed by atoms with Crippen molar-refractivity contribution in [1.29, 1.82) is 0 Å². The molecule has 0 heterocycles. The number of sulfonamides is 1. The van der Waals surface area contributed by atoms with E-state index in [2.05, 4.69) is 6.58 Å². The second-order valence-corrected chi connectivity index (χ2v) is 7.95. The summed E-state index contributed by atoms with van der Waals surface area (Å²) in [5, 5.41) is 10.8. The van der Waals surface area contributed by atoms with E-state index in [1.165, 1.54) is 24.3 Å². The number of nitrogens with zero attached hydrogens (tertiary/aromatic N) is 1. The third-order valence-electron chi connectivity index (χ3n) is 3.88. The number of hydrogen-bond donors (Lipinski definition) is 1. The number of hydrogen-bond acceptors (Lipinski definition) is 9. The third-order valence-corrected chi connectivity index (χ3v) is 5.20. The van der Waals surface area contributed by atoms with Gasteiger partial charge in [0.05, 0.1) is 16.4 Å². The number of ether oxygens (including phenoxy) is 3. The molecule has 1 amide bonds. The van der Waals surface area contributed by atoms with Crippen molar-refractivity contribution in [2.24, 2.45) is 0 Å². The summed E-state index contributed by atoms with van der Waals surface area (Å²) in [4.78, 5) is 34.2. The maximum atomic E-state index is 12.4. The van der Waals surface area contributed by atoms with Gasteiger partial charge in [-0.25, -0.2) is 22.7 Å². The van der Waals surface area contributed by atoms with Crippen LogP contribution >= 0.6 is 0 Å².